The predicted octanol–water partition coefficient (Wildman–Crippen LogP) is 2.84. The number of hydrogen-bond donors (Lipinski definition) is 3. The van der Waals surface area contributed by atoms with E-state index in [1.807, 2.05) is 20.8 Å². The van der Waals surface area contributed by atoms with Crippen molar-refractivity contribution in [1.82, 2.24) is 10.2 Å². The summed E-state index contributed by atoms with van der Waals surface area (Å²) in [5, 5.41) is 20.2. The molecule has 2 rings (SSSR count). The van der Waals surface area contributed by atoms with Gasteiger partial charge in [0, 0.05) is 13.1 Å². The summed E-state index contributed by atoms with van der Waals surface area (Å²) in [4.78, 5) is 34.7. The Bertz CT molecular complexity index is 589. The number of halogens is 1. The molecule has 33 heavy (non-hydrogen) atoms. The lowest BCUT2D eigenvalue weighted by Crippen LogP contribution is -2.54. The summed E-state index contributed by atoms with van der Waals surface area (Å²) >= 11 is 0. The molecule has 0 atom stereocenters. The van der Waals surface area contributed by atoms with E-state index in [0.717, 1.165) is 13.1 Å². The molecule has 0 aromatic heterocycles. The number of nitrogens with one attached hydrogen (secondary N) is 1. The Morgan fingerprint density at radius 1 is 0.727 bits per heavy atom. The van der Waals surface area contributed by atoms with Crippen LogP contribution in [0.1, 0.15) is 62.3 Å². The number of rotatable bonds is 0. The Balaban J connectivity index is 0. The van der Waals surface area contributed by atoms with Crippen molar-refractivity contribution < 1.29 is 43.5 Å². The molecule has 12 heteroatoms. The van der Waals surface area contributed by atoms with Crippen molar-refractivity contribution in [2.45, 2.75) is 91.3 Å². The van der Waals surface area contributed by atoms with E-state index >= 15 is 0 Å². The second-order valence-corrected chi connectivity index (χ2v) is 10.4. The first-order valence-corrected chi connectivity index (χ1v) is 10.5. The van der Waals surface area contributed by atoms with E-state index in [2.05, 4.69) is 10.1 Å². The van der Waals surface area contributed by atoms with Gasteiger partial charge in [0.05, 0.1) is 25.3 Å². The molecule has 0 saturated carbocycles. The number of nitrogens with zero attached hydrogens (tertiary/aromatic N) is 1. The molecular weight excluding hydrogens is 460 g/mol. The molecular formula is C21H41ClN2O9. The van der Waals surface area contributed by atoms with Crippen LogP contribution in [0, 0.1) is 0 Å². The second-order valence-electron chi connectivity index (χ2n) is 10.4. The molecule has 2 fully saturated rings. The van der Waals surface area contributed by atoms with Crippen LogP contribution in [0.3, 0.4) is 0 Å². The normalized spacial score (nSPS) is 16.2. The van der Waals surface area contributed by atoms with Gasteiger partial charge in [-0.25, -0.2) is 14.4 Å². The first-order valence-electron chi connectivity index (χ1n) is 10.5. The first kappa shape index (κ1) is 33.4. The highest BCUT2D eigenvalue weighted by atomic mass is 35.5. The van der Waals surface area contributed by atoms with E-state index in [1.54, 1.807) is 41.5 Å². The van der Waals surface area contributed by atoms with Gasteiger partial charge >= 0.3 is 18.4 Å². The lowest BCUT2D eigenvalue weighted by atomic mass is 10.2. The van der Waals surface area contributed by atoms with Gasteiger partial charge in [-0.2, -0.15) is 0 Å². The Morgan fingerprint density at radius 2 is 1.06 bits per heavy atom. The molecule has 0 aromatic rings. The quantitative estimate of drug-likeness (QED) is 0.258. The van der Waals surface area contributed by atoms with Crippen LogP contribution in [-0.4, -0.2) is 88.7 Å². The third-order valence-corrected chi connectivity index (χ3v) is 3.22. The number of amides is 1. The van der Waals surface area contributed by atoms with E-state index in [-0.39, 0.29) is 30.7 Å². The van der Waals surface area contributed by atoms with Crippen LogP contribution in [0.2, 0.25) is 0 Å². The van der Waals surface area contributed by atoms with E-state index in [9.17, 15) is 14.4 Å². The average molecular weight is 501 g/mol. The number of carbonyl (C=O) groups excluding carboxylic acids is 3. The maximum absolute atomic E-state index is 11.2. The molecule has 0 unspecified atom stereocenters. The number of carbonyl (C=O) groups is 3. The first-order chi connectivity index (χ1) is 14.3. The Morgan fingerprint density at radius 3 is 1.27 bits per heavy atom. The summed E-state index contributed by atoms with van der Waals surface area (Å²) in [5.41, 5.74) is -1.84. The van der Waals surface area contributed by atoms with Gasteiger partial charge in [-0.05, 0) is 62.3 Å². The van der Waals surface area contributed by atoms with Gasteiger partial charge in [0.25, 0.3) is 0 Å². The number of aliphatic hydroxyl groups is 2. The minimum absolute atomic E-state index is 0. The van der Waals surface area contributed by atoms with E-state index < -0.39 is 29.1 Å². The van der Waals surface area contributed by atoms with Crippen molar-refractivity contribution in [2.75, 3.05) is 26.2 Å². The fourth-order valence-corrected chi connectivity index (χ4v) is 1.81. The average Bonchev–Trinajstić information content (AvgIpc) is 2.45. The molecule has 2 saturated heterocycles. The van der Waals surface area contributed by atoms with Gasteiger partial charge in [-0.1, -0.05) is 0 Å². The number of likely N-dealkylation sites (tertiary alicyclic amines) is 1. The number of aliphatic hydroxyl groups excluding tert-OH is 2. The van der Waals surface area contributed by atoms with Crippen molar-refractivity contribution >= 4 is 30.8 Å². The molecule has 0 aromatic carbocycles. The number of β-amino-alcohol motifs (C(OH)–C–C–N with tert-alkyl or cyclic N) is 2. The summed E-state index contributed by atoms with van der Waals surface area (Å²) in [6.45, 7) is 17.9. The third kappa shape index (κ3) is 19.4. The van der Waals surface area contributed by atoms with Gasteiger partial charge in [-0.15, -0.1) is 12.4 Å². The topological polar surface area (TPSA) is 144 Å². The van der Waals surface area contributed by atoms with Crippen LogP contribution < -0.4 is 5.32 Å². The zero-order chi connectivity index (χ0) is 25.3. The van der Waals surface area contributed by atoms with Gasteiger partial charge in [0.1, 0.15) is 16.8 Å². The Labute approximate surface area is 202 Å². The minimum Gasteiger partial charge on any atom is -0.444 e. The summed E-state index contributed by atoms with van der Waals surface area (Å²) in [6.07, 6.45) is -2.87. The summed E-state index contributed by atoms with van der Waals surface area (Å²) in [7, 11) is 0. The van der Waals surface area contributed by atoms with Crippen molar-refractivity contribution in [3.05, 3.63) is 0 Å². The zero-order valence-electron chi connectivity index (χ0n) is 21.1. The van der Waals surface area contributed by atoms with Gasteiger partial charge in [0.15, 0.2) is 0 Å². The highest BCUT2D eigenvalue weighted by Gasteiger charge is 2.32. The molecule has 2 aliphatic heterocycles. The molecule has 3 N–H and O–H groups in total. The molecule has 0 radical (unpaired) electrons. The summed E-state index contributed by atoms with van der Waals surface area (Å²) < 4.78 is 18.9. The lowest BCUT2D eigenvalue weighted by molar-refractivity contribution is -0.0307. The van der Waals surface area contributed by atoms with Crippen LogP contribution in [0.4, 0.5) is 14.4 Å². The predicted molar refractivity (Wildman–Crippen MR) is 123 cm³/mol. The monoisotopic (exact) mass is 500 g/mol. The Hall–Kier alpha value is -1.82. The lowest BCUT2D eigenvalue weighted by Gasteiger charge is -2.36. The third-order valence-electron chi connectivity index (χ3n) is 3.22. The van der Waals surface area contributed by atoms with Crippen molar-refractivity contribution in [2.24, 2.45) is 0 Å². The highest BCUT2D eigenvalue weighted by molar-refractivity contribution is 5.85. The van der Waals surface area contributed by atoms with Gasteiger partial charge in [0.2, 0.25) is 0 Å². The maximum atomic E-state index is 11.2. The summed E-state index contributed by atoms with van der Waals surface area (Å²) in [6, 6.07) is 0. The SMILES string of the molecule is CC(C)(C)OC(=O)N1CC(O)C1.CC(C)(C)OC(=O)OC(=O)OC(C)(C)C.Cl.OC1CNC1. The van der Waals surface area contributed by atoms with Crippen molar-refractivity contribution in [3.8, 4) is 0 Å². The zero-order valence-corrected chi connectivity index (χ0v) is 21.9. The fraction of sp³-hybridized carbons (Fsp3) is 0.857. The van der Waals surface area contributed by atoms with Crippen molar-refractivity contribution in [1.29, 1.82) is 0 Å². The standard InChI is InChI=1S/C10H18O5.C8H15NO3.C3H7NO.ClH/c1-9(2,3)14-7(11)13-8(12)15-10(4,5)6;1-8(2,3)12-7(11)9-4-6(10)5-9;5-3-1-4-2-3;/h1-6H3;6,10H,4-5H2,1-3H3;3-5H,1-2H2;1H. The van der Waals surface area contributed by atoms with Gasteiger partial charge < -0.3 is 39.4 Å². The molecule has 1 amide bonds. The molecule has 0 spiro atoms. The van der Waals surface area contributed by atoms with E-state index in [0.29, 0.717) is 13.1 Å². The molecule has 196 valence electrons. The molecule has 11 nitrogen and oxygen atoms in total. The minimum atomic E-state index is -1.06. The second kappa shape index (κ2) is 13.8. The van der Waals surface area contributed by atoms with Crippen LogP contribution in [0.5, 0.6) is 0 Å². The van der Waals surface area contributed by atoms with E-state index in [4.69, 9.17) is 24.4 Å². The van der Waals surface area contributed by atoms with Crippen LogP contribution in [-0.2, 0) is 18.9 Å². The van der Waals surface area contributed by atoms with Gasteiger partial charge in [-0.3, -0.25) is 0 Å². The highest BCUT2D eigenvalue weighted by Crippen LogP contribution is 2.14. The molecule has 2 heterocycles. The molecule has 0 aliphatic carbocycles. The fourth-order valence-electron chi connectivity index (χ4n) is 1.81. The maximum Gasteiger partial charge on any atom is 0.519 e. The van der Waals surface area contributed by atoms with Crippen molar-refractivity contribution in [3.63, 3.8) is 0 Å². The number of ether oxygens (including phenoxy) is 4. The van der Waals surface area contributed by atoms with Crippen LogP contribution in [0.25, 0.3) is 0 Å². The smallest absolute Gasteiger partial charge is 0.444 e. The molecule has 0 bridgehead atoms. The summed E-state index contributed by atoms with van der Waals surface area (Å²) in [5.74, 6) is 0. The van der Waals surface area contributed by atoms with Crippen LogP contribution >= 0.6 is 12.4 Å². The van der Waals surface area contributed by atoms with E-state index in [1.165, 1.54) is 4.90 Å². The largest absolute Gasteiger partial charge is 0.519 e. The molecule has 2 aliphatic rings. The Kier molecular flexibility index (Phi) is 13.9. The number of hydrogen-bond acceptors (Lipinski definition) is 10. The van der Waals surface area contributed by atoms with Crippen LogP contribution in [0.15, 0.2) is 0 Å².